The second-order valence-electron chi connectivity index (χ2n) is 6.83. The summed E-state index contributed by atoms with van der Waals surface area (Å²) in [7, 11) is 3.04. The number of carbonyl (C=O) groups is 1. The number of benzene rings is 2. The molecular weight excluding hydrogens is 428 g/mol. The minimum Gasteiger partial charge on any atom is -0.497 e. The summed E-state index contributed by atoms with van der Waals surface area (Å²) in [6.07, 6.45) is 1.67. The molecule has 0 spiro atoms. The van der Waals surface area contributed by atoms with E-state index in [-0.39, 0.29) is 5.11 Å². The van der Waals surface area contributed by atoms with Crippen LogP contribution in [-0.4, -0.2) is 35.2 Å². The average molecular weight is 449 g/mol. The van der Waals surface area contributed by atoms with Crippen LogP contribution in [0.2, 0.25) is 0 Å². The van der Waals surface area contributed by atoms with Gasteiger partial charge in [0.2, 0.25) is 5.89 Å². The normalized spacial score (nSPS) is 10.6. The maximum Gasteiger partial charge on any atom is 0.257 e. The zero-order chi connectivity index (χ0) is 22.7. The molecule has 2 heterocycles. The van der Waals surface area contributed by atoms with Crippen LogP contribution in [0.4, 0.5) is 5.69 Å². The third-order valence-electron chi connectivity index (χ3n) is 4.82. The Morgan fingerprint density at radius 1 is 1.06 bits per heavy atom. The van der Waals surface area contributed by atoms with Gasteiger partial charge in [0.15, 0.2) is 16.3 Å². The van der Waals surface area contributed by atoms with Gasteiger partial charge in [-0.05, 0) is 61.1 Å². The Balaban J connectivity index is 1.52. The van der Waals surface area contributed by atoms with E-state index in [1.165, 1.54) is 14.2 Å². The van der Waals surface area contributed by atoms with Gasteiger partial charge in [0.25, 0.3) is 5.91 Å². The molecule has 2 N–H and O–H groups in total. The van der Waals surface area contributed by atoms with E-state index >= 15 is 0 Å². The number of fused-ring (bicyclic) bond motifs is 1. The van der Waals surface area contributed by atoms with E-state index in [4.69, 9.17) is 26.1 Å². The number of ether oxygens (including phenoxy) is 2. The molecule has 0 fully saturated rings. The Kier molecular flexibility index (Phi) is 6.00. The molecule has 0 saturated heterocycles. The topological polar surface area (TPSA) is 98.5 Å². The first kappa shape index (κ1) is 21.3. The summed E-state index contributed by atoms with van der Waals surface area (Å²) >= 11 is 5.35. The molecule has 0 bridgehead atoms. The number of amides is 1. The average Bonchev–Trinajstić information content (AvgIpc) is 3.24. The third-order valence-corrected chi connectivity index (χ3v) is 5.02. The van der Waals surface area contributed by atoms with E-state index < -0.39 is 5.91 Å². The molecule has 0 aliphatic carbocycles. The monoisotopic (exact) mass is 448 g/mol. The molecular formula is C23H20N4O4S. The molecule has 4 rings (SSSR count). The molecule has 0 radical (unpaired) electrons. The second-order valence-corrected chi connectivity index (χ2v) is 7.24. The number of pyridine rings is 1. The van der Waals surface area contributed by atoms with Gasteiger partial charge in [-0.2, -0.15) is 4.98 Å². The van der Waals surface area contributed by atoms with E-state index in [9.17, 15) is 4.79 Å². The fourth-order valence-corrected chi connectivity index (χ4v) is 3.36. The highest BCUT2D eigenvalue weighted by molar-refractivity contribution is 7.80. The van der Waals surface area contributed by atoms with Gasteiger partial charge in [-0.1, -0.05) is 6.07 Å². The summed E-state index contributed by atoms with van der Waals surface area (Å²) in [5.74, 6) is 1.08. The number of thiocarbonyl (C=S) groups is 1. The first-order chi connectivity index (χ1) is 15.5. The fraction of sp³-hybridized carbons (Fsp3) is 0.130. The van der Waals surface area contributed by atoms with E-state index in [1.807, 2.05) is 31.2 Å². The van der Waals surface area contributed by atoms with Crippen molar-refractivity contribution >= 4 is 40.2 Å². The highest BCUT2D eigenvalue weighted by atomic mass is 32.1. The molecule has 162 valence electrons. The molecule has 4 aromatic rings. The molecule has 0 aliphatic heterocycles. The van der Waals surface area contributed by atoms with Crippen LogP contribution in [0.5, 0.6) is 11.5 Å². The van der Waals surface area contributed by atoms with Crippen molar-refractivity contribution in [3.63, 3.8) is 0 Å². The molecule has 0 aliphatic rings. The van der Waals surface area contributed by atoms with E-state index in [0.29, 0.717) is 39.9 Å². The van der Waals surface area contributed by atoms with Gasteiger partial charge in [-0.25, -0.2) is 4.98 Å². The smallest absolute Gasteiger partial charge is 0.257 e. The van der Waals surface area contributed by atoms with Crippen molar-refractivity contribution in [3.8, 4) is 23.0 Å². The van der Waals surface area contributed by atoms with Crippen LogP contribution < -0.4 is 20.1 Å². The van der Waals surface area contributed by atoms with Crippen molar-refractivity contribution in [1.82, 2.24) is 15.3 Å². The number of methoxy groups -OCH3 is 2. The number of hydrogen-bond acceptors (Lipinski definition) is 7. The molecule has 9 heteroatoms. The van der Waals surface area contributed by atoms with Crippen LogP contribution in [0.3, 0.4) is 0 Å². The van der Waals surface area contributed by atoms with Gasteiger partial charge in [0.05, 0.1) is 14.2 Å². The largest absolute Gasteiger partial charge is 0.497 e. The molecule has 0 atom stereocenters. The molecule has 8 nitrogen and oxygen atoms in total. The lowest BCUT2D eigenvalue weighted by atomic mass is 10.1. The molecule has 0 saturated carbocycles. The predicted octanol–water partition coefficient (Wildman–Crippen LogP) is 4.34. The highest BCUT2D eigenvalue weighted by Crippen LogP contribution is 2.30. The fourth-order valence-electron chi connectivity index (χ4n) is 3.15. The van der Waals surface area contributed by atoms with Crippen LogP contribution in [-0.2, 0) is 0 Å². The zero-order valence-electron chi connectivity index (χ0n) is 17.6. The van der Waals surface area contributed by atoms with Crippen molar-refractivity contribution in [1.29, 1.82) is 0 Å². The Hall–Kier alpha value is -3.98. The maximum absolute atomic E-state index is 12.7. The molecule has 0 unspecified atom stereocenters. The Labute approximate surface area is 189 Å². The molecule has 2 aromatic heterocycles. The standard InChI is InChI=1S/C23H20N4O4S/c1-13-17(22-26-20-19(31-22)8-5-9-24-20)6-4-7-18(13)25-23(32)27-21(28)14-10-15(29-2)12-16(11-14)30-3/h4-12H,1-3H3,(H2,25,27,28,32). The summed E-state index contributed by atoms with van der Waals surface area (Å²) in [6, 6.07) is 14.1. The lowest BCUT2D eigenvalue weighted by molar-refractivity contribution is 0.0977. The van der Waals surface area contributed by atoms with Crippen LogP contribution in [0.15, 0.2) is 59.1 Å². The Bertz CT molecular complexity index is 1260. The number of carbonyl (C=O) groups excluding carboxylic acids is 1. The first-order valence-corrected chi connectivity index (χ1v) is 10.1. The van der Waals surface area contributed by atoms with Crippen molar-refractivity contribution in [3.05, 3.63) is 65.9 Å². The second kappa shape index (κ2) is 9.03. The van der Waals surface area contributed by atoms with Crippen molar-refractivity contribution in [2.75, 3.05) is 19.5 Å². The van der Waals surface area contributed by atoms with E-state index in [1.54, 1.807) is 30.5 Å². The number of hydrogen-bond donors (Lipinski definition) is 2. The summed E-state index contributed by atoms with van der Waals surface area (Å²) in [5, 5.41) is 5.89. The number of aromatic nitrogens is 2. The van der Waals surface area contributed by atoms with E-state index in [0.717, 1.165) is 11.1 Å². The minimum atomic E-state index is -0.390. The molecule has 32 heavy (non-hydrogen) atoms. The summed E-state index contributed by atoms with van der Waals surface area (Å²) < 4.78 is 16.3. The van der Waals surface area contributed by atoms with Gasteiger partial charge in [0.1, 0.15) is 11.5 Å². The molecule has 1 amide bonds. The number of rotatable bonds is 5. The van der Waals surface area contributed by atoms with Crippen LogP contribution in [0.1, 0.15) is 15.9 Å². The van der Waals surface area contributed by atoms with Crippen molar-refractivity contribution < 1.29 is 18.7 Å². The number of oxazole rings is 1. The Morgan fingerprint density at radius 3 is 2.50 bits per heavy atom. The molecule has 2 aromatic carbocycles. The van der Waals surface area contributed by atoms with Gasteiger partial charge in [-0.3, -0.25) is 10.1 Å². The number of nitrogens with one attached hydrogen (secondary N) is 2. The third kappa shape index (κ3) is 4.37. The van der Waals surface area contributed by atoms with Crippen LogP contribution in [0.25, 0.3) is 22.7 Å². The van der Waals surface area contributed by atoms with Crippen LogP contribution >= 0.6 is 12.2 Å². The SMILES string of the molecule is COc1cc(OC)cc(C(=O)NC(=S)Nc2cccc(-c3nc4ncccc4o3)c2C)c1. The van der Waals surface area contributed by atoms with Gasteiger partial charge >= 0.3 is 0 Å². The van der Waals surface area contributed by atoms with Gasteiger partial charge in [0, 0.05) is 29.1 Å². The van der Waals surface area contributed by atoms with Crippen molar-refractivity contribution in [2.45, 2.75) is 6.92 Å². The number of anilines is 1. The highest BCUT2D eigenvalue weighted by Gasteiger charge is 2.15. The van der Waals surface area contributed by atoms with Gasteiger partial charge < -0.3 is 19.2 Å². The summed E-state index contributed by atoms with van der Waals surface area (Å²) in [4.78, 5) is 21.3. The Morgan fingerprint density at radius 2 is 1.81 bits per heavy atom. The lowest BCUT2D eigenvalue weighted by Gasteiger charge is -2.14. The summed E-state index contributed by atoms with van der Waals surface area (Å²) in [5.41, 5.74) is 3.87. The predicted molar refractivity (Wildman–Crippen MR) is 125 cm³/mol. The summed E-state index contributed by atoms with van der Waals surface area (Å²) in [6.45, 7) is 1.91. The lowest BCUT2D eigenvalue weighted by Crippen LogP contribution is -2.34. The van der Waals surface area contributed by atoms with E-state index in [2.05, 4.69) is 20.6 Å². The van der Waals surface area contributed by atoms with Crippen molar-refractivity contribution in [2.24, 2.45) is 0 Å². The maximum atomic E-state index is 12.7. The van der Waals surface area contributed by atoms with Crippen LogP contribution in [0, 0.1) is 6.92 Å². The van der Waals surface area contributed by atoms with Gasteiger partial charge in [-0.15, -0.1) is 0 Å². The first-order valence-electron chi connectivity index (χ1n) is 9.65. The number of nitrogens with zero attached hydrogens (tertiary/aromatic N) is 2. The zero-order valence-corrected chi connectivity index (χ0v) is 18.4. The minimum absolute atomic E-state index is 0.149. The quantitative estimate of drug-likeness (QED) is 0.435.